The lowest BCUT2D eigenvalue weighted by molar-refractivity contribution is -0.138. The summed E-state index contributed by atoms with van der Waals surface area (Å²) in [7, 11) is 0. The molecule has 0 radical (unpaired) electrons. The molecule has 1 saturated heterocycles. The molecule has 2 heterocycles. The average molecular weight is 299 g/mol. The molecule has 1 fully saturated rings. The molecule has 1 aromatic rings. The Labute approximate surface area is 121 Å². The molecule has 8 heteroatoms. The van der Waals surface area contributed by atoms with Crippen LogP contribution >= 0.6 is 11.6 Å². The Morgan fingerprint density at radius 2 is 2.00 bits per heavy atom. The quantitative estimate of drug-likeness (QED) is 0.867. The van der Waals surface area contributed by atoms with Crippen molar-refractivity contribution < 1.29 is 14.7 Å². The normalized spacial score (nSPS) is 16.8. The monoisotopic (exact) mass is 298 g/mol. The fraction of sp³-hybridized carbons (Fsp3) is 0.500. The van der Waals surface area contributed by atoms with Crippen molar-refractivity contribution in [1.82, 2.24) is 19.8 Å². The number of nitrogens with zero attached hydrogens (tertiary/aromatic N) is 4. The zero-order valence-corrected chi connectivity index (χ0v) is 11.6. The first kappa shape index (κ1) is 14.7. The van der Waals surface area contributed by atoms with Crippen molar-refractivity contribution in [2.75, 3.05) is 32.7 Å². The van der Waals surface area contributed by atoms with E-state index in [1.54, 1.807) is 4.90 Å². The number of amides is 1. The summed E-state index contributed by atoms with van der Waals surface area (Å²) in [6.45, 7) is 2.28. The number of hydrogen-bond acceptors (Lipinski definition) is 5. The molecule has 0 bridgehead atoms. The van der Waals surface area contributed by atoms with Crippen LogP contribution in [-0.4, -0.2) is 69.5 Å². The van der Waals surface area contributed by atoms with Gasteiger partial charge < -0.3 is 10.0 Å². The molecule has 0 unspecified atom stereocenters. The number of carbonyl (C=O) groups is 2. The van der Waals surface area contributed by atoms with Crippen LogP contribution in [0.25, 0.3) is 0 Å². The van der Waals surface area contributed by atoms with Gasteiger partial charge in [0.05, 0.1) is 18.9 Å². The zero-order chi connectivity index (χ0) is 14.5. The highest BCUT2D eigenvalue weighted by Crippen LogP contribution is 2.08. The summed E-state index contributed by atoms with van der Waals surface area (Å²) < 4.78 is 0. The average Bonchev–Trinajstić information content (AvgIpc) is 2.64. The van der Waals surface area contributed by atoms with E-state index in [0.29, 0.717) is 26.2 Å². The van der Waals surface area contributed by atoms with Gasteiger partial charge in [-0.2, -0.15) is 0 Å². The van der Waals surface area contributed by atoms with Gasteiger partial charge in [0.25, 0.3) is 5.91 Å². The van der Waals surface area contributed by atoms with Crippen molar-refractivity contribution in [2.45, 2.75) is 6.42 Å². The highest BCUT2D eigenvalue weighted by atomic mass is 35.5. The summed E-state index contributed by atoms with van der Waals surface area (Å²) in [6.07, 6.45) is 3.42. The Hall–Kier alpha value is -1.73. The van der Waals surface area contributed by atoms with Gasteiger partial charge in [0.15, 0.2) is 0 Å². The molecular formula is C12H15ClN4O3. The van der Waals surface area contributed by atoms with Crippen molar-refractivity contribution in [3.8, 4) is 0 Å². The van der Waals surface area contributed by atoms with E-state index in [4.69, 9.17) is 16.7 Å². The van der Waals surface area contributed by atoms with E-state index in [1.165, 1.54) is 12.4 Å². The topological polar surface area (TPSA) is 86.6 Å². The molecule has 1 aliphatic rings. The fourth-order valence-electron chi connectivity index (χ4n) is 2.11. The van der Waals surface area contributed by atoms with Crippen LogP contribution in [0.2, 0.25) is 5.15 Å². The Morgan fingerprint density at radius 1 is 1.20 bits per heavy atom. The van der Waals surface area contributed by atoms with Crippen LogP contribution in [0.15, 0.2) is 12.4 Å². The van der Waals surface area contributed by atoms with E-state index in [0.717, 1.165) is 6.42 Å². The number of hydrogen-bond donors (Lipinski definition) is 1. The lowest BCUT2D eigenvalue weighted by atomic mass is 10.3. The molecular weight excluding hydrogens is 284 g/mol. The molecule has 0 spiro atoms. The number of rotatable bonds is 3. The molecule has 1 amide bonds. The second-order valence-corrected chi connectivity index (χ2v) is 4.93. The standard InChI is InChI=1S/C12H15ClN4O3/c13-10-7-14-9(6-15-10)12(20)17-3-1-2-16(4-5-17)8-11(18)19/h6-7H,1-5,8H2,(H,18,19). The van der Waals surface area contributed by atoms with Crippen molar-refractivity contribution in [2.24, 2.45) is 0 Å². The molecule has 0 saturated carbocycles. The predicted molar refractivity (Wildman–Crippen MR) is 71.6 cm³/mol. The van der Waals surface area contributed by atoms with Crippen LogP contribution < -0.4 is 0 Å². The van der Waals surface area contributed by atoms with E-state index < -0.39 is 5.97 Å². The fourth-order valence-corrected chi connectivity index (χ4v) is 2.21. The molecule has 1 N–H and O–H groups in total. The third kappa shape index (κ3) is 3.88. The number of aromatic nitrogens is 2. The van der Waals surface area contributed by atoms with Crippen LogP contribution in [0.1, 0.15) is 16.9 Å². The largest absolute Gasteiger partial charge is 0.480 e. The third-order valence-corrected chi connectivity index (χ3v) is 3.27. The number of carbonyl (C=O) groups excluding carboxylic acids is 1. The number of carboxylic acids is 1. The van der Waals surface area contributed by atoms with Crippen LogP contribution in [0.5, 0.6) is 0 Å². The first-order valence-corrected chi connectivity index (χ1v) is 6.65. The van der Waals surface area contributed by atoms with Gasteiger partial charge in [-0.25, -0.2) is 9.97 Å². The number of halogens is 1. The van der Waals surface area contributed by atoms with Gasteiger partial charge in [0.1, 0.15) is 10.8 Å². The summed E-state index contributed by atoms with van der Waals surface area (Å²) in [5, 5.41) is 9.02. The summed E-state index contributed by atoms with van der Waals surface area (Å²) in [6, 6.07) is 0. The molecule has 20 heavy (non-hydrogen) atoms. The van der Waals surface area contributed by atoms with Crippen LogP contribution in [0.4, 0.5) is 0 Å². The SMILES string of the molecule is O=C(O)CN1CCCN(C(=O)c2cnc(Cl)cn2)CC1. The Kier molecular flexibility index (Phi) is 4.86. The van der Waals surface area contributed by atoms with Crippen molar-refractivity contribution in [3.05, 3.63) is 23.2 Å². The summed E-state index contributed by atoms with van der Waals surface area (Å²) >= 11 is 5.64. The van der Waals surface area contributed by atoms with Gasteiger partial charge in [0, 0.05) is 26.2 Å². The van der Waals surface area contributed by atoms with Crippen LogP contribution in [-0.2, 0) is 4.79 Å². The molecule has 0 aromatic carbocycles. The molecule has 0 atom stereocenters. The van der Waals surface area contributed by atoms with Crippen molar-refractivity contribution >= 4 is 23.5 Å². The van der Waals surface area contributed by atoms with E-state index >= 15 is 0 Å². The predicted octanol–water partition coefficient (Wildman–Crippen LogP) is 0.363. The molecule has 108 valence electrons. The minimum absolute atomic E-state index is 0.00276. The zero-order valence-electron chi connectivity index (χ0n) is 10.8. The number of aliphatic carboxylic acids is 1. The van der Waals surface area contributed by atoms with E-state index in [-0.39, 0.29) is 23.3 Å². The minimum Gasteiger partial charge on any atom is -0.480 e. The third-order valence-electron chi connectivity index (χ3n) is 3.07. The maximum absolute atomic E-state index is 12.2. The maximum atomic E-state index is 12.2. The summed E-state index contributed by atoms with van der Waals surface area (Å²) in [5.74, 6) is -1.06. The van der Waals surface area contributed by atoms with Gasteiger partial charge in [-0.1, -0.05) is 11.6 Å². The van der Waals surface area contributed by atoms with Crippen molar-refractivity contribution in [3.63, 3.8) is 0 Å². The number of carboxylic acid groups (broad SMARTS) is 1. The maximum Gasteiger partial charge on any atom is 0.317 e. The van der Waals surface area contributed by atoms with Gasteiger partial charge in [-0.05, 0) is 6.42 Å². The molecule has 2 rings (SSSR count). The molecule has 1 aromatic heterocycles. The Bertz CT molecular complexity index is 494. The molecule has 1 aliphatic heterocycles. The highest BCUT2D eigenvalue weighted by molar-refractivity contribution is 6.29. The first-order valence-electron chi connectivity index (χ1n) is 6.27. The second kappa shape index (κ2) is 6.62. The van der Waals surface area contributed by atoms with Gasteiger partial charge in [0.2, 0.25) is 0 Å². The molecule has 7 nitrogen and oxygen atoms in total. The van der Waals surface area contributed by atoms with E-state index in [2.05, 4.69) is 9.97 Å². The van der Waals surface area contributed by atoms with E-state index in [1.807, 2.05) is 4.90 Å². The van der Waals surface area contributed by atoms with Crippen LogP contribution in [0, 0.1) is 0 Å². The smallest absolute Gasteiger partial charge is 0.317 e. The van der Waals surface area contributed by atoms with Gasteiger partial charge >= 0.3 is 5.97 Å². The highest BCUT2D eigenvalue weighted by Gasteiger charge is 2.22. The molecule has 0 aliphatic carbocycles. The summed E-state index contributed by atoms with van der Waals surface area (Å²) in [5.41, 5.74) is 0.251. The lowest BCUT2D eigenvalue weighted by Gasteiger charge is -2.20. The first-order chi connectivity index (χ1) is 9.56. The minimum atomic E-state index is -0.853. The second-order valence-electron chi connectivity index (χ2n) is 4.54. The lowest BCUT2D eigenvalue weighted by Crippen LogP contribution is -2.37. The van der Waals surface area contributed by atoms with E-state index in [9.17, 15) is 9.59 Å². The van der Waals surface area contributed by atoms with Crippen molar-refractivity contribution in [1.29, 1.82) is 0 Å². The Morgan fingerprint density at radius 3 is 2.65 bits per heavy atom. The Balaban J connectivity index is 1.97. The van der Waals surface area contributed by atoms with Crippen LogP contribution in [0.3, 0.4) is 0 Å². The summed E-state index contributed by atoms with van der Waals surface area (Å²) in [4.78, 5) is 34.2. The van der Waals surface area contributed by atoms with Gasteiger partial charge in [-0.15, -0.1) is 0 Å². The van der Waals surface area contributed by atoms with Gasteiger partial charge in [-0.3, -0.25) is 14.5 Å².